The van der Waals surface area contributed by atoms with E-state index in [1.165, 1.54) is 10.9 Å². The average Bonchev–Trinajstić information content (AvgIpc) is 3.30. The molecule has 7 nitrogen and oxygen atoms in total. The van der Waals surface area contributed by atoms with Crippen molar-refractivity contribution < 1.29 is 19.0 Å². The van der Waals surface area contributed by atoms with Crippen molar-refractivity contribution in [3.05, 3.63) is 77.4 Å². The van der Waals surface area contributed by atoms with Crippen molar-refractivity contribution in [3.63, 3.8) is 0 Å². The van der Waals surface area contributed by atoms with Crippen LogP contribution < -0.4 is 19.6 Å². The Kier molecular flexibility index (Phi) is 7.66. The van der Waals surface area contributed by atoms with Crippen molar-refractivity contribution in [2.24, 2.45) is 5.10 Å². The van der Waals surface area contributed by atoms with E-state index < -0.39 is 0 Å². The highest BCUT2D eigenvalue weighted by molar-refractivity contribution is 8.00. The molecule has 0 unspecified atom stereocenters. The van der Waals surface area contributed by atoms with E-state index in [1.807, 2.05) is 30.3 Å². The number of benzene rings is 3. The molecule has 0 spiro atoms. The van der Waals surface area contributed by atoms with E-state index in [2.05, 4.69) is 21.6 Å². The molecule has 3 aromatic carbocycles. The lowest BCUT2D eigenvalue weighted by atomic mass is 10.1. The van der Waals surface area contributed by atoms with Gasteiger partial charge >= 0.3 is 0 Å². The average molecular weight is 494 g/mol. The van der Waals surface area contributed by atoms with Gasteiger partial charge in [0.05, 0.1) is 37.8 Å². The van der Waals surface area contributed by atoms with Gasteiger partial charge in [-0.2, -0.15) is 5.10 Å². The van der Waals surface area contributed by atoms with Gasteiger partial charge in [0.2, 0.25) is 5.75 Å². The highest BCUT2D eigenvalue weighted by atomic mass is 32.2. The van der Waals surface area contributed by atoms with Crippen molar-refractivity contribution in [2.75, 3.05) is 21.3 Å². The van der Waals surface area contributed by atoms with Crippen molar-refractivity contribution in [1.29, 1.82) is 0 Å². The molecule has 1 heterocycles. The minimum absolute atomic E-state index is 0.297. The molecule has 1 amide bonds. The summed E-state index contributed by atoms with van der Waals surface area (Å²) in [6.07, 6.45) is 1.52. The molecule has 0 saturated carbocycles. The Labute approximate surface area is 205 Å². The highest BCUT2D eigenvalue weighted by Crippen LogP contribution is 2.37. The SMILES string of the molecule is COc1cc(C=NNC(=O)c2ccc(CSc3nc4ccccc4s3)cc2)cc(OC)c1OC. The third-order valence-electron chi connectivity index (χ3n) is 4.92. The first-order chi connectivity index (χ1) is 16.6. The molecule has 0 aliphatic carbocycles. The summed E-state index contributed by atoms with van der Waals surface area (Å²) >= 11 is 3.37. The zero-order valence-corrected chi connectivity index (χ0v) is 20.5. The van der Waals surface area contributed by atoms with Crippen LogP contribution in [0.5, 0.6) is 17.2 Å². The fourth-order valence-electron chi connectivity index (χ4n) is 3.22. The number of hydrogen-bond acceptors (Lipinski definition) is 8. The predicted octanol–water partition coefficient (Wildman–Crippen LogP) is 5.38. The number of ether oxygens (including phenoxy) is 3. The summed E-state index contributed by atoms with van der Waals surface area (Å²) in [5, 5.41) is 4.06. The molecule has 34 heavy (non-hydrogen) atoms. The van der Waals surface area contributed by atoms with Crippen LogP contribution in [0.1, 0.15) is 21.5 Å². The second kappa shape index (κ2) is 11.0. The number of aromatic nitrogens is 1. The van der Waals surface area contributed by atoms with Crippen LogP contribution >= 0.6 is 23.1 Å². The fraction of sp³-hybridized carbons (Fsp3) is 0.160. The molecule has 0 atom stereocenters. The predicted molar refractivity (Wildman–Crippen MR) is 137 cm³/mol. The minimum Gasteiger partial charge on any atom is -0.493 e. The van der Waals surface area contributed by atoms with Crippen molar-refractivity contribution in [2.45, 2.75) is 10.1 Å². The number of para-hydroxylation sites is 1. The number of methoxy groups -OCH3 is 3. The molecule has 1 N–H and O–H groups in total. The number of hydrazone groups is 1. The van der Waals surface area contributed by atoms with Crippen LogP contribution in [0.3, 0.4) is 0 Å². The van der Waals surface area contributed by atoms with E-state index in [0.717, 1.165) is 21.2 Å². The lowest BCUT2D eigenvalue weighted by Crippen LogP contribution is -2.17. The van der Waals surface area contributed by atoms with Crippen LogP contribution in [0.25, 0.3) is 10.2 Å². The molecular formula is C25H23N3O4S2. The number of rotatable bonds is 9. The second-order valence-electron chi connectivity index (χ2n) is 7.09. The fourth-order valence-corrected chi connectivity index (χ4v) is 5.24. The van der Waals surface area contributed by atoms with Crippen LogP contribution in [-0.4, -0.2) is 38.4 Å². The topological polar surface area (TPSA) is 82.0 Å². The largest absolute Gasteiger partial charge is 0.493 e. The number of nitrogens with zero attached hydrogens (tertiary/aromatic N) is 2. The summed E-state index contributed by atoms with van der Waals surface area (Å²) in [7, 11) is 4.63. The maximum atomic E-state index is 12.5. The van der Waals surface area contributed by atoms with Crippen LogP contribution in [0.2, 0.25) is 0 Å². The third-order valence-corrected chi connectivity index (χ3v) is 7.17. The first-order valence-corrected chi connectivity index (χ1v) is 12.1. The van der Waals surface area contributed by atoms with Gasteiger partial charge in [-0.15, -0.1) is 11.3 Å². The van der Waals surface area contributed by atoms with Crippen LogP contribution in [0, 0.1) is 0 Å². The van der Waals surface area contributed by atoms with Crippen LogP contribution in [-0.2, 0) is 5.75 Å². The molecule has 9 heteroatoms. The Morgan fingerprint density at radius 1 is 1.03 bits per heavy atom. The first kappa shape index (κ1) is 23.6. The highest BCUT2D eigenvalue weighted by Gasteiger charge is 2.12. The standard InChI is InChI=1S/C25H23N3O4S2/c1-30-20-12-17(13-21(31-2)23(20)32-3)14-26-28-24(29)18-10-8-16(9-11-18)15-33-25-27-19-6-4-5-7-22(19)34-25/h4-14H,15H2,1-3H3,(H,28,29). The molecule has 0 aliphatic heterocycles. The van der Waals surface area contributed by atoms with Crippen LogP contribution in [0.15, 0.2) is 70.1 Å². The Bertz CT molecular complexity index is 1260. The zero-order valence-electron chi connectivity index (χ0n) is 18.9. The number of nitrogens with one attached hydrogen (secondary N) is 1. The number of fused-ring (bicyclic) bond motifs is 1. The van der Waals surface area contributed by atoms with E-state index in [9.17, 15) is 4.79 Å². The maximum Gasteiger partial charge on any atom is 0.271 e. The van der Waals surface area contributed by atoms with Gasteiger partial charge in [0.25, 0.3) is 5.91 Å². The molecule has 1 aromatic heterocycles. The number of carbonyl (C=O) groups is 1. The van der Waals surface area contributed by atoms with Gasteiger partial charge in [0.15, 0.2) is 15.8 Å². The minimum atomic E-state index is -0.297. The van der Waals surface area contributed by atoms with Gasteiger partial charge in [-0.05, 0) is 42.0 Å². The van der Waals surface area contributed by atoms with Crippen molar-refractivity contribution >= 4 is 45.4 Å². The summed E-state index contributed by atoms with van der Waals surface area (Å²) in [4.78, 5) is 17.1. The van der Waals surface area contributed by atoms with Gasteiger partial charge in [0.1, 0.15) is 0 Å². The molecule has 4 aromatic rings. The normalized spacial score (nSPS) is 11.0. The Morgan fingerprint density at radius 2 is 1.74 bits per heavy atom. The number of thiazole rings is 1. The van der Waals surface area contributed by atoms with Crippen molar-refractivity contribution in [3.8, 4) is 17.2 Å². The number of amides is 1. The zero-order chi connectivity index (χ0) is 23.9. The molecular weight excluding hydrogens is 470 g/mol. The molecule has 0 radical (unpaired) electrons. The first-order valence-electron chi connectivity index (χ1n) is 10.3. The summed E-state index contributed by atoms with van der Waals surface area (Å²) in [6, 6.07) is 19.1. The lowest BCUT2D eigenvalue weighted by molar-refractivity contribution is 0.0955. The summed E-state index contributed by atoms with van der Waals surface area (Å²) < 4.78 is 18.2. The second-order valence-corrected chi connectivity index (χ2v) is 9.34. The summed E-state index contributed by atoms with van der Waals surface area (Å²) in [5.41, 5.74) is 5.90. The number of hydrogen-bond donors (Lipinski definition) is 1. The van der Waals surface area contributed by atoms with E-state index in [1.54, 1.807) is 68.7 Å². The Balaban J connectivity index is 1.35. The lowest BCUT2D eigenvalue weighted by Gasteiger charge is -2.12. The van der Waals surface area contributed by atoms with Crippen molar-refractivity contribution in [1.82, 2.24) is 10.4 Å². The van der Waals surface area contributed by atoms with E-state index >= 15 is 0 Å². The summed E-state index contributed by atoms with van der Waals surface area (Å²) in [6.45, 7) is 0. The molecule has 0 aliphatic rings. The van der Waals surface area contributed by atoms with Gasteiger partial charge < -0.3 is 14.2 Å². The Hall–Kier alpha value is -3.56. The summed E-state index contributed by atoms with van der Waals surface area (Å²) in [5.74, 6) is 1.99. The molecule has 0 bridgehead atoms. The molecule has 4 rings (SSSR count). The van der Waals surface area contributed by atoms with Gasteiger partial charge in [-0.3, -0.25) is 4.79 Å². The number of thioether (sulfide) groups is 1. The maximum absolute atomic E-state index is 12.5. The monoisotopic (exact) mass is 493 g/mol. The van der Waals surface area contributed by atoms with E-state index in [4.69, 9.17) is 14.2 Å². The van der Waals surface area contributed by atoms with Gasteiger partial charge in [-0.25, -0.2) is 10.4 Å². The molecule has 174 valence electrons. The van der Waals surface area contributed by atoms with Gasteiger partial charge in [-0.1, -0.05) is 36.0 Å². The number of carbonyl (C=O) groups excluding carboxylic acids is 1. The van der Waals surface area contributed by atoms with Crippen LogP contribution in [0.4, 0.5) is 0 Å². The quantitative estimate of drug-likeness (QED) is 0.192. The molecule has 0 fully saturated rings. The third kappa shape index (κ3) is 5.49. The van der Waals surface area contributed by atoms with Gasteiger partial charge in [0, 0.05) is 16.9 Å². The smallest absolute Gasteiger partial charge is 0.271 e. The van der Waals surface area contributed by atoms with E-state index in [-0.39, 0.29) is 5.91 Å². The Morgan fingerprint density at radius 3 is 2.38 bits per heavy atom. The van der Waals surface area contributed by atoms with E-state index in [0.29, 0.717) is 28.4 Å². The molecule has 0 saturated heterocycles.